The largest absolute Gasteiger partial charge is 0.376 e. The van der Waals surface area contributed by atoms with Gasteiger partial charge in [0.15, 0.2) is 0 Å². The molecule has 2 saturated carbocycles. The maximum Gasteiger partial charge on any atom is 0.0731 e. The van der Waals surface area contributed by atoms with Gasteiger partial charge in [-0.3, -0.25) is 0 Å². The highest BCUT2D eigenvalue weighted by molar-refractivity contribution is 4.91. The lowest BCUT2D eigenvalue weighted by molar-refractivity contribution is -0.0346. The van der Waals surface area contributed by atoms with Gasteiger partial charge in [-0.2, -0.15) is 0 Å². The van der Waals surface area contributed by atoms with E-state index in [1.165, 1.54) is 38.5 Å². The summed E-state index contributed by atoms with van der Waals surface area (Å²) in [5, 5.41) is 3.64. The Kier molecular flexibility index (Phi) is 5.30. The molecule has 0 aliphatic heterocycles. The Morgan fingerprint density at radius 3 is 2.42 bits per heavy atom. The van der Waals surface area contributed by atoms with Crippen molar-refractivity contribution in [1.29, 1.82) is 0 Å². The predicted molar refractivity (Wildman–Crippen MR) is 81.3 cm³/mol. The van der Waals surface area contributed by atoms with Crippen molar-refractivity contribution in [1.82, 2.24) is 5.32 Å². The molecule has 1 N–H and O–H groups in total. The molecule has 3 atom stereocenters. The third-order valence-electron chi connectivity index (χ3n) is 5.52. The van der Waals surface area contributed by atoms with Crippen molar-refractivity contribution in [2.75, 3.05) is 13.2 Å². The van der Waals surface area contributed by atoms with Crippen LogP contribution in [0, 0.1) is 17.3 Å². The minimum absolute atomic E-state index is 0.449. The summed E-state index contributed by atoms with van der Waals surface area (Å²) in [5.41, 5.74) is 0.471. The standard InChI is InChI=1S/C17H33NO/c1-5-17(3,4)14-9-10-15(18-6-2)16(11-14)19-12-13-7-8-13/h13-16,18H,5-12H2,1-4H3. The second kappa shape index (κ2) is 6.58. The van der Waals surface area contributed by atoms with Crippen LogP contribution in [-0.2, 0) is 4.74 Å². The number of likely N-dealkylation sites (N-methyl/N-ethyl adjacent to an activating group) is 1. The zero-order valence-corrected chi connectivity index (χ0v) is 13.4. The molecular weight excluding hydrogens is 234 g/mol. The average Bonchev–Trinajstić information content (AvgIpc) is 3.22. The fourth-order valence-electron chi connectivity index (χ4n) is 3.35. The van der Waals surface area contributed by atoms with E-state index in [1.54, 1.807) is 0 Å². The van der Waals surface area contributed by atoms with Crippen LogP contribution in [0.15, 0.2) is 0 Å². The summed E-state index contributed by atoms with van der Waals surface area (Å²) < 4.78 is 6.28. The lowest BCUT2D eigenvalue weighted by atomic mass is 9.68. The average molecular weight is 267 g/mol. The molecule has 0 aromatic carbocycles. The summed E-state index contributed by atoms with van der Waals surface area (Å²) in [6, 6.07) is 0.590. The Bertz CT molecular complexity index is 272. The van der Waals surface area contributed by atoms with Gasteiger partial charge < -0.3 is 10.1 Å². The third kappa shape index (κ3) is 4.19. The highest BCUT2D eigenvalue weighted by Crippen LogP contribution is 2.41. The molecule has 2 fully saturated rings. The summed E-state index contributed by atoms with van der Waals surface area (Å²) >= 11 is 0. The molecule has 0 bridgehead atoms. The smallest absolute Gasteiger partial charge is 0.0731 e. The van der Waals surface area contributed by atoms with Crippen molar-refractivity contribution >= 4 is 0 Å². The van der Waals surface area contributed by atoms with Crippen LogP contribution in [-0.4, -0.2) is 25.3 Å². The van der Waals surface area contributed by atoms with E-state index in [2.05, 4.69) is 33.0 Å². The van der Waals surface area contributed by atoms with Crippen LogP contribution in [0.3, 0.4) is 0 Å². The minimum Gasteiger partial charge on any atom is -0.376 e. The molecule has 2 aliphatic rings. The lowest BCUT2D eigenvalue weighted by Gasteiger charge is -2.43. The molecule has 0 spiro atoms. The molecule has 2 aliphatic carbocycles. The molecule has 0 saturated heterocycles. The van der Waals surface area contributed by atoms with Crippen LogP contribution >= 0.6 is 0 Å². The molecular formula is C17H33NO. The van der Waals surface area contributed by atoms with Crippen LogP contribution in [0.4, 0.5) is 0 Å². The molecule has 2 nitrogen and oxygen atoms in total. The van der Waals surface area contributed by atoms with E-state index >= 15 is 0 Å². The summed E-state index contributed by atoms with van der Waals surface area (Å²) in [6.45, 7) is 11.5. The minimum atomic E-state index is 0.449. The van der Waals surface area contributed by atoms with E-state index in [1.807, 2.05) is 0 Å². The van der Waals surface area contributed by atoms with Crippen molar-refractivity contribution in [2.45, 2.75) is 78.4 Å². The van der Waals surface area contributed by atoms with Crippen LogP contribution in [0.2, 0.25) is 0 Å². The summed E-state index contributed by atoms with van der Waals surface area (Å²) in [4.78, 5) is 0. The Balaban J connectivity index is 1.91. The van der Waals surface area contributed by atoms with Crippen LogP contribution in [0.25, 0.3) is 0 Å². The molecule has 0 aromatic rings. The zero-order chi connectivity index (χ0) is 13.9. The van der Waals surface area contributed by atoms with Crippen LogP contribution in [0.5, 0.6) is 0 Å². The first-order valence-corrected chi connectivity index (χ1v) is 8.41. The normalized spacial score (nSPS) is 32.5. The first kappa shape index (κ1) is 15.3. The second-order valence-electron chi connectivity index (χ2n) is 7.33. The van der Waals surface area contributed by atoms with Gasteiger partial charge in [-0.15, -0.1) is 0 Å². The van der Waals surface area contributed by atoms with Crippen molar-refractivity contribution in [3.05, 3.63) is 0 Å². The monoisotopic (exact) mass is 267 g/mol. The summed E-state index contributed by atoms with van der Waals surface area (Å²) in [7, 11) is 0. The lowest BCUT2D eigenvalue weighted by Crippen LogP contribution is -2.48. The molecule has 0 radical (unpaired) electrons. The van der Waals surface area contributed by atoms with Crippen molar-refractivity contribution in [3.8, 4) is 0 Å². The number of hydrogen-bond acceptors (Lipinski definition) is 2. The van der Waals surface area contributed by atoms with Crippen molar-refractivity contribution < 1.29 is 4.74 Å². The molecule has 2 rings (SSSR count). The van der Waals surface area contributed by atoms with Gasteiger partial charge in [0, 0.05) is 12.6 Å². The van der Waals surface area contributed by atoms with Gasteiger partial charge in [-0.25, -0.2) is 0 Å². The van der Waals surface area contributed by atoms with Gasteiger partial charge in [-0.1, -0.05) is 34.1 Å². The second-order valence-corrected chi connectivity index (χ2v) is 7.33. The quantitative estimate of drug-likeness (QED) is 0.753. The predicted octanol–water partition coefficient (Wildman–Crippen LogP) is 4.00. The highest BCUT2D eigenvalue weighted by atomic mass is 16.5. The molecule has 0 aromatic heterocycles. The van der Waals surface area contributed by atoms with E-state index in [9.17, 15) is 0 Å². The number of ether oxygens (including phenoxy) is 1. The van der Waals surface area contributed by atoms with Gasteiger partial charge in [0.2, 0.25) is 0 Å². The fourth-order valence-corrected chi connectivity index (χ4v) is 3.35. The molecule has 3 unspecified atom stereocenters. The Hall–Kier alpha value is -0.0800. The molecule has 0 heterocycles. The maximum atomic E-state index is 6.28. The van der Waals surface area contributed by atoms with Gasteiger partial charge in [0.1, 0.15) is 0 Å². The molecule has 112 valence electrons. The summed E-state index contributed by atoms with van der Waals surface area (Å²) in [5.74, 6) is 1.71. The fraction of sp³-hybridized carbons (Fsp3) is 1.00. The number of hydrogen-bond donors (Lipinski definition) is 1. The van der Waals surface area contributed by atoms with E-state index in [4.69, 9.17) is 4.74 Å². The van der Waals surface area contributed by atoms with E-state index in [0.29, 0.717) is 17.6 Å². The number of nitrogens with one attached hydrogen (secondary N) is 1. The maximum absolute atomic E-state index is 6.28. The van der Waals surface area contributed by atoms with Gasteiger partial charge in [0.05, 0.1) is 6.10 Å². The van der Waals surface area contributed by atoms with Gasteiger partial charge in [0.25, 0.3) is 0 Å². The van der Waals surface area contributed by atoms with Crippen LogP contribution < -0.4 is 5.32 Å². The van der Waals surface area contributed by atoms with Crippen LogP contribution in [0.1, 0.15) is 66.2 Å². The summed E-state index contributed by atoms with van der Waals surface area (Å²) in [6.07, 6.45) is 8.42. The van der Waals surface area contributed by atoms with Gasteiger partial charge >= 0.3 is 0 Å². The van der Waals surface area contributed by atoms with Crippen molar-refractivity contribution in [2.24, 2.45) is 17.3 Å². The zero-order valence-electron chi connectivity index (χ0n) is 13.4. The Morgan fingerprint density at radius 1 is 1.11 bits per heavy atom. The van der Waals surface area contributed by atoms with Crippen molar-refractivity contribution in [3.63, 3.8) is 0 Å². The first-order valence-electron chi connectivity index (χ1n) is 8.41. The SMILES string of the molecule is CCNC1CCC(C(C)(C)CC)CC1OCC1CC1. The highest BCUT2D eigenvalue weighted by Gasteiger charge is 2.38. The van der Waals surface area contributed by atoms with E-state index in [-0.39, 0.29) is 0 Å². The molecule has 19 heavy (non-hydrogen) atoms. The molecule has 2 heteroatoms. The molecule has 0 amide bonds. The van der Waals surface area contributed by atoms with E-state index in [0.717, 1.165) is 25.0 Å². The topological polar surface area (TPSA) is 21.3 Å². The van der Waals surface area contributed by atoms with E-state index < -0.39 is 0 Å². The Labute approximate surface area is 119 Å². The van der Waals surface area contributed by atoms with Gasteiger partial charge in [-0.05, 0) is 55.9 Å². The number of rotatable bonds is 7. The first-order chi connectivity index (χ1) is 9.06. The Morgan fingerprint density at radius 2 is 1.84 bits per heavy atom. The third-order valence-corrected chi connectivity index (χ3v) is 5.52.